The maximum atomic E-state index is 10.1. The van der Waals surface area contributed by atoms with E-state index in [9.17, 15) is 5.26 Å². The first-order chi connectivity index (χ1) is 22.2. The van der Waals surface area contributed by atoms with Crippen molar-refractivity contribution in [2.75, 3.05) is 58.0 Å². The molecule has 2 saturated heterocycles. The van der Waals surface area contributed by atoms with Crippen LogP contribution < -0.4 is 15.4 Å². The zero-order chi connectivity index (χ0) is 31.8. The number of nitrogens with zero attached hydrogens (tertiary/aromatic N) is 7. The Balaban J connectivity index is 1.19. The first-order valence-corrected chi connectivity index (χ1v) is 17.6. The molecular weight excluding hydrogens is 600 g/mol. The van der Waals surface area contributed by atoms with E-state index >= 15 is 0 Å². The first kappa shape index (κ1) is 30.1. The number of hydrogen-bond acceptors (Lipinski definition) is 12. The molecule has 3 aromatic rings. The lowest BCUT2D eigenvalue weighted by Gasteiger charge is -2.40. The number of anilines is 2. The molecule has 3 fully saturated rings. The van der Waals surface area contributed by atoms with Crippen molar-refractivity contribution in [3.05, 3.63) is 33.4 Å². The molecule has 4 atom stereocenters. The number of nitrogens with two attached hydrogens (primary N) is 1. The summed E-state index contributed by atoms with van der Waals surface area (Å²) in [4.78, 5) is 18.6. The van der Waals surface area contributed by atoms with Crippen LogP contribution in [0.1, 0.15) is 79.2 Å². The largest absolute Gasteiger partial charge is 0.473 e. The van der Waals surface area contributed by atoms with Crippen molar-refractivity contribution < 1.29 is 14.0 Å². The van der Waals surface area contributed by atoms with E-state index in [1.807, 2.05) is 6.07 Å². The molecule has 8 rings (SSSR count). The van der Waals surface area contributed by atoms with Gasteiger partial charge in [0.1, 0.15) is 23.0 Å². The van der Waals surface area contributed by atoms with Crippen LogP contribution in [0.2, 0.25) is 0 Å². The second kappa shape index (κ2) is 11.2. The Bertz CT molecular complexity index is 1690. The monoisotopic (exact) mass is 644 g/mol. The van der Waals surface area contributed by atoms with E-state index in [1.54, 1.807) is 18.4 Å². The third-order valence-corrected chi connectivity index (χ3v) is 12.7. The van der Waals surface area contributed by atoms with Gasteiger partial charge in [-0.05, 0) is 84.4 Å². The van der Waals surface area contributed by atoms with Crippen LogP contribution >= 0.6 is 11.3 Å². The molecule has 11 nitrogen and oxygen atoms in total. The van der Waals surface area contributed by atoms with Gasteiger partial charge in [-0.15, -0.1) is 11.3 Å². The van der Waals surface area contributed by atoms with Gasteiger partial charge >= 0.3 is 0 Å². The average Bonchev–Trinajstić information content (AvgIpc) is 3.34. The summed E-state index contributed by atoms with van der Waals surface area (Å²) in [5.74, 6) is 2.84. The summed E-state index contributed by atoms with van der Waals surface area (Å²) >= 11 is 1.56. The normalized spacial score (nSPS) is 27.8. The second-order valence-electron chi connectivity index (χ2n) is 14.3. The smallest absolute Gasteiger partial charge is 0.219 e. The number of aryl methyl sites for hydroxylation is 1. The Morgan fingerprint density at radius 3 is 2.70 bits per heavy atom. The second-order valence-corrected chi connectivity index (χ2v) is 15.4. The van der Waals surface area contributed by atoms with Crippen molar-refractivity contribution in [2.45, 2.75) is 93.9 Å². The summed E-state index contributed by atoms with van der Waals surface area (Å²) in [7, 11) is 6.15. The number of aromatic nitrogens is 3. The Morgan fingerprint density at radius 1 is 1.15 bits per heavy atom. The van der Waals surface area contributed by atoms with Gasteiger partial charge in [0.05, 0.1) is 17.1 Å². The zero-order valence-corrected chi connectivity index (χ0v) is 28.2. The molecule has 2 aliphatic heterocycles. The van der Waals surface area contributed by atoms with E-state index in [0.29, 0.717) is 28.0 Å². The summed E-state index contributed by atoms with van der Waals surface area (Å²) in [6.45, 7) is 5.83. The fraction of sp³-hybridized carbons (Fsp3) is 0.647. The number of nitriles is 1. The number of rotatable bonds is 6. The van der Waals surface area contributed by atoms with Crippen molar-refractivity contribution in [3.8, 4) is 23.5 Å². The van der Waals surface area contributed by atoms with Crippen LogP contribution in [-0.2, 0) is 23.0 Å². The highest BCUT2D eigenvalue weighted by Gasteiger charge is 2.51. The van der Waals surface area contributed by atoms with Gasteiger partial charge in [-0.1, -0.05) is 5.16 Å². The van der Waals surface area contributed by atoms with E-state index < -0.39 is 5.41 Å². The van der Waals surface area contributed by atoms with Gasteiger partial charge in [0.2, 0.25) is 5.88 Å². The van der Waals surface area contributed by atoms with Crippen molar-refractivity contribution in [1.82, 2.24) is 24.9 Å². The van der Waals surface area contributed by atoms with Crippen LogP contribution in [0.5, 0.6) is 5.88 Å². The van der Waals surface area contributed by atoms with Gasteiger partial charge in [-0.2, -0.15) is 10.2 Å². The minimum absolute atomic E-state index is 0.0911. The lowest BCUT2D eigenvalue weighted by molar-refractivity contribution is 0.108. The number of hydrogen-bond donors (Lipinski definition) is 1. The topological polar surface area (TPSA) is 130 Å². The SMILES string of the molecule is CO[C@@H]1C[C@@H]([C@H](C)Oc2cc(N3CCN(C)C4(CC4)C3)nc(-c3noc4c3CCC[C@@]43CCCc4sc(N)c(C#N)c43)n2)N(C)C1. The number of thiophene rings is 1. The van der Waals surface area contributed by atoms with E-state index in [2.05, 4.69) is 41.8 Å². The van der Waals surface area contributed by atoms with E-state index in [0.717, 1.165) is 93.8 Å². The number of ether oxygens (including phenoxy) is 2. The molecule has 2 N–H and O–H groups in total. The fourth-order valence-corrected chi connectivity index (χ4v) is 10.0. The molecule has 0 aromatic carbocycles. The number of likely N-dealkylation sites (N-methyl/N-ethyl adjacent to an activating group) is 2. The lowest BCUT2D eigenvalue weighted by atomic mass is 9.63. The highest BCUT2D eigenvalue weighted by atomic mass is 32.1. The first-order valence-electron chi connectivity index (χ1n) is 16.8. The minimum atomic E-state index is -0.391. The van der Waals surface area contributed by atoms with Gasteiger partial charge in [0.25, 0.3) is 0 Å². The van der Waals surface area contributed by atoms with Crippen molar-refractivity contribution in [1.29, 1.82) is 5.26 Å². The van der Waals surface area contributed by atoms with E-state index in [4.69, 9.17) is 34.9 Å². The predicted molar refractivity (Wildman–Crippen MR) is 176 cm³/mol. The van der Waals surface area contributed by atoms with Gasteiger partial charge in [-0.3, -0.25) is 9.80 Å². The van der Waals surface area contributed by atoms with Crippen LogP contribution in [0.25, 0.3) is 11.5 Å². The summed E-state index contributed by atoms with van der Waals surface area (Å²) in [6, 6.07) is 4.66. The number of fused-ring (bicyclic) bond motifs is 4. The standard InChI is InChI=1S/C34H44N8O3S/c1-20(24-15-21(43-4)18-40(24)2)44-27-16-26(42-14-13-41(3)33(19-42)11-12-33)37-32(38-27)29-22-7-5-9-34(30(22)45-39-29)10-6-8-25-28(34)23(17-35)31(36)46-25/h16,20-21,24H,5-15,18-19,36H2,1-4H3/t20-,21+,24-,34-/m0/s1. The van der Waals surface area contributed by atoms with Crippen molar-refractivity contribution >= 4 is 22.2 Å². The number of nitrogen functional groups attached to an aromatic ring is 1. The van der Waals surface area contributed by atoms with Crippen LogP contribution in [0, 0.1) is 11.3 Å². The van der Waals surface area contributed by atoms with E-state index in [-0.39, 0.29) is 23.8 Å². The highest BCUT2D eigenvalue weighted by molar-refractivity contribution is 7.16. The third kappa shape index (κ3) is 4.73. The lowest BCUT2D eigenvalue weighted by Crippen LogP contribution is -2.53. The molecule has 3 aromatic heterocycles. The summed E-state index contributed by atoms with van der Waals surface area (Å²) in [5.41, 5.74) is 9.66. The van der Waals surface area contributed by atoms with Crippen molar-refractivity contribution in [3.63, 3.8) is 0 Å². The van der Waals surface area contributed by atoms with Crippen LogP contribution in [0.15, 0.2) is 10.6 Å². The molecule has 244 valence electrons. The molecule has 12 heteroatoms. The average molecular weight is 645 g/mol. The number of likely N-dealkylation sites (tertiary alicyclic amines) is 1. The third-order valence-electron chi connectivity index (χ3n) is 11.7. The Labute approximate surface area is 274 Å². The maximum Gasteiger partial charge on any atom is 0.219 e. The summed E-state index contributed by atoms with van der Waals surface area (Å²) in [5, 5.41) is 15.4. The molecule has 46 heavy (non-hydrogen) atoms. The van der Waals surface area contributed by atoms with Gasteiger partial charge in [-0.25, -0.2) is 4.98 Å². The molecule has 0 amide bonds. The molecule has 1 saturated carbocycles. The zero-order valence-electron chi connectivity index (χ0n) is 27.3. The van der Waals surface area contributed by atoms with Crippen LogP contribution in [-0.4, -0.2) is 96.1 Å². The molecule has 3 aliphatic carbocycles. The van der Waals surface area contributed by atoms with E-state index in [1.165, 1.54) is 17.7 Å². The Hall–Kier alpha value is -3.24. The van der Waals surface area contributed by atoms with Gasteiger partial charge in [0.15, 0.2) is 17.3 Å². The molecule has 0 radical (unpaired) electrons. The maximum absolute atomic E-state index is 10.1. The van der Waals surface area contributed by atoms with Crippen LogP contribution in [0.4, 0.5) is 10.8 Å². The Morgan fingerprint density at radius 2 is 1.96 bits per heavy atom. The predicted octanol–water partition coefficient (Wildman–Crippen LogP) is 4.38. The molecule has 5 aliphatic rings. The number of piperazine rings is 1. The molecule has 0 bridgehead atoms. The molecule has 2 spiro atoms. The highest BCUT2D eigenvalue weighted by Crippen LogP contribution is 2.55. The quantitative estimate of drug-likeness (QED) is 0.411. The summed E-state index contributed by atoms with van der Waals surface area (Å²) < 4.78 is 18.7. The molecular formula is C34H44N8O3S. The summed E-state index contributed by atoms with van der Waals surface area (Å²) in [6.07, 6.45) is 9.06. The number of methoxy groups -OCH3 is 1. The van der Waals surface area contributed by atoms with Crippen LogP contribution in [0.3, 0.4) is 0 Å². The van der Waals surface area contributed by atoms with Crippen molar-refractivity contribution in [2.24, 2.45) is 0 Å². The molecule has 0 unspecified atom stereocenters. The van der Waals surface area contributed by atoms with Gasteiger partial charge < -0.3 is 24.6 Å². The Kier molecular flexibility index (Phi) is 7.32. The molecule has 5 heterocycles. The van der Waals surface area contributed by atoms with Gasteiger partial charge in [0, 0.05) is 61.4 Å². The fourth-order valence-electron chi connectivity index (χ4n) is 8.87. The minimum Gasteiger partial charge on any atom is -0.473 e.